The molecule has 0 aliphatic carbocycles. The summed E-state index contributed by atoms with van der Waals surface area (Å²) in [6.07, 6.45) is 9.51. The van der Waals surface area contributed by atoms with E-state index in [2.05, 4.69) is 38.4 Å². The van der Waals surface area contributed by atoms with Gasteiger partial charge in [0.25, 0.3) is 5.91 Å². The lowest BCUT2D eigenvalue weighted by molar-refractivity contribution is 0.102. The number of hydrogen-bond acceptors (Lipinski definition) is 5. The normalized spacial score (nSPS) is 15.2. The van der Waals surface area contributed by atoms with Gasteiger partial charge in [-0.25, -0.2) is 4.98 Å². The van der Waals surface area contributed by atoms with Gasteiger partial charge in [0.1, 0.15) is 5.82 Å². The lowest BCUT2D eigenvalue weighted by atomic mass is 9.89. The molecule has 0 saturated carbocycles. The summed E-state index contributed by atoms with van der Waals surface area (Å²) < 4.78 is 1.76. The molecule has 0 spiro atoms. The van der Waals surface area contributed by atoms with Crippen LogP contribution in [0.15, 0.2) is 61.2 Å². The summed E-state index contributed by atoms with van der Waals surface area (Å²) in [6, 6.07) is 11.9. The van der Waals surface area contributed by atoms with Crippen molar-refractivity contribution in [1.29, 1.82) is 0 Å². The Kier molecular flexibility index (Phi) is 5.41. The monoisotopic (exact) mass is 426 g/mol. The molecule has 162 valence electrons. The Balaban J connectivity index is 1.36. The zero-order chi connectivity index (χ0) is 22.1. The van der Waals surface area contributed by atoms with Crippen LogP contribution in [-0.2, 0) is 7.05 Å². The predicted octanol–water partition coefficient (Wildman–Crippen LogP) is 4.09. The van der Waals surface area contributed by atoms with Crippen LogP contribution in [0.3, 0.4) is 0 Å². The fourth-order valence-corrected chi connectivity index (χ4v) is 4.29. The lowest BCUT2D eigenvalue weighted by Gasteiger charge is -2.29. The van der Waals surface area contributed by atoms with Crippen molar-refractivity contribution < 1.29 is 4.79 Å². The molecule has 7 nitrogen and oxygen atoms in total. The molecule has 1 aliphatic rings. The van der Waals surface area contributed by atoms with Gasteiger partial charge in [-0.15, -0.1) is 0 Å². The first-order valence-electron chi connectivity index (χ1n) is 10.9. The van der Waals surface area contributed by atoms with E-state index in [1.54, 1.807) is 10.9 Å². The van der Waals surface area contributed by atoms with E-state index in [4.69, 9.17) is 0 Å². The van der Waals surface area contributed by atoms with Crippen LogP contribution in [0.5, 0.6) is 0 Å². The number of piperidine rings is 1. The van der Waals surface area contributed by atoms with E-state index >= 15 is 0 Å². The molecule has 0 bridgehead atoms. The molecule has 4 aromatic rings. The highest BCUT2D eigenvalue weighted by molar-refractivity contribution is 6.04. The molecule has 1 fully saturated rings. The molecule has 3 aromatic heterocycles. The first-order chi connectivity index (χ1) is 15.5. The van der Waals surface area contributed by atoms with Crippen LogP contribution in [0.2, 0.25) is 0 Å². The van der Waals surface area contributed by atoms with Crippen molar-refractivity contribution in [3.63, 3.8) is 0 Å². The van der Waals surface area contributed by atoms with Crippen molar-refractivity contribution in [3.05, 3.63) is 72.3 Å². The Bertz CT molecular complexity index is 1270. The van der Waals surface area contributed by atoms with E-state index in [9.17, 15) is 4.79 Å². The van der Waals surface area contributed by atoms with Crippen LogP contribution < -0.4 is 5.32 Å². The Hall–Kier alpha value is -3.58. The van der Waals surface area contributed by atoms with Crippen LogP contribution in [-0.4, -0.2) is 50.7 Å². The van der Waals surface area contributed by atoms with Crippen molar-refractivity contribution in [3.8, 4) is 11.1 Å². The average molecular weight is 427 g/mol. The van der Waals surface area contributed by atoms with Crippen molar-refractivity contribution >= 4 is 22.6 Å². The maximum absolute atomic E-state index is 12.9. The largest absolute Gasteiger partial charge is 0.307 e. The molecule has 0 unspecified atom stereocenters. The number of carbonyl (C=O) groups excluding carboxylic acids is 1. The number of fused-ring (bicyclic) bond motifs is 1. The molecular weight excluding hydrogens is 400 g/mol. The second-order valence-corrected chi connectivity index (χ2v) is 8.55. The highest BCUT2D eigenvalue weighted by Gasteiger charge is 2.19. The third kappa shape index (κ3) is 4.24. The van der Waals surface area contributed by atoms with Gasteiger partial charge in [-0.05, 0) is 68.7 Å². The summed E-state index contributed by atoms with van der Waals surface area (Å²) in [7, 11) is 4.04. The topological polar surface area (TPSA) is 75.9 Å². The van der Waals surface area contributed by atoms with Gasteiger partial charge in [-0.2, -0.15) is 5.10 Å². The molecule has 1 N–H and O–H groups in total. The predicted molar refractivity (Wildman–Crippen MR) is 126 cm³/mol. The number of aromatic nitrogens is 4. The highest BCUT2D eigenvalue weighted by atomic mass is 16.1. The zero-order valence-electron chi connectivity index (χ0n) is 18.3. The van der Waals surface area contributed by atoms with Crippen LogP contribution in [0, 0.1) is 0 Å². The second kappa shape index (κ2) is 8.51. The SMILES string of the molecule is CN1CCC(c2cccc(C(=O)Nc3cc4cc(-c5cnn(C)c5)cnc4cn3)c2)CC1. The van der Waals surface area contributed by atoms with Crippen LogP contribution >= 0.6 is 0 Å². The minimum absolute atomic E-state index is 0.150. The van der Waals surface area contributed by atoms with Gasteiger partial charge in [0.05, 0.1) is 17.9 Å². The molecule has 1 aliphatic heterocycles. The average Bonchev–Trinajstić information content (AvgIpc) is 3.25. The highest BCUT2D eigenvalue weighted by Crippen LogP contribution is 2.28. The molecule has 4 heterocycles. The van der Waals surface area contributed by atoms with Crippen molar-refractivity contribution in [2.45, 2.75) is 18.8 Å². The molecular formula is C25H26N6O. The number of nitrogens with one attached hydrogen (secondary N) is 1. The smallest absolute Gasteiger partial charge is 0.256 e. The summed E-state index contributed by atoms with van der Waals surface area (Å²) in [5.41, 5.74) is 4.64. The van der Waals surface area contributed by atoms with E-state index < -0.39 is 0 Å². The maximum Gasteiger partial charge on any atom is 0.256 e. The molecule has 5 rings (SSSR count). The molecule has 0 atom stereocenters. The second-order valence-electron chi connectivity index (χ2n) is 8.55. The van der Waals surface area contributed by atoms with Gasteiger partial charge < -0.3 is 10.2 Å². The van der Waals surface area contributed by atoms with E-state index in [0.717, 1.165) is 48.0 Å². The van der Waals surface area contributed by atoms with E-state index in [0.29, 0.717) is 17.3 Å². The van der Waals surface area contributed by atoms with Crippen LogP contribution in [0.1, 0.15) is 34.7 Å². The fraction of sp³-hybridized carbons (Fsp3) is 0.280. The summed E-state index contributed by atoms with van der Waals surface area (Å²) in [4.78, 5) is 24.2. The fourth-order valence-electron chi connectivity index (χ4n) is 4.29. The number of hydrogen-bond donors (Lipinski definition) is 1. The summed E-state index contributed by atoms with van der Waals surface area (Å²) in [6.45, 7) is 2.19. The lowest BCUT2D eigenvalue weighted by Crippen LogP contribution is -2.29. The minimum atomic E-state index is -0.150. The summed E-state index contributed by atoms with van der Waals surface area (Å²) in [5, 5.41) is 8.09. The van der Waals surface area contributed by atoms with Crippen molar-refractivity contribution in [1.82, 2.24) is 24.6 Å². The first kappa shape index (κ1) is 20.3. The number of pyridine rings is 2. The molecule has 0 radical (unpaired) electrons. The third-order valence-electron chi connectivity index (χ3n) is 6.19. The van der Waals surface area contributed by atoms with Crippen molar-refractivity contribution in [2.75, 3.05) is 25.5 Å². The maximum atomic E-state index is 12.9. The number of aryl methyl sites for hydroxylation is 1. The summed E-state index contributed by atoms with van der Waals surface area (Å²) >= 11 is 0. The molecule has 32 heavy (non-hydrogen) atoms. The Morgan fingerprint density at radius 3 is 2.62 bits per heavy atom. The number of nitrogens with zero attached hydrogens (tertiary/aromatic N) is 5. The number of amides is 1. The molecule has 1 amide bonds. The number of likely N-dealkylation sites (tertiary alicyclic amines) is 1. The first-order valence-corrected chi connectivity index (χ1v) is 10.9. The molecule has 7 heteroatoms. The van der Waals surface area contributed by atoms with Gasteiger partial charge in [0.2, 0.25) is 0 Å². The Morgan fingerprint density at radius 1 is 1.00 bits per heavy atom. The third-order valence-corrected chi connectivity index (χ3v) is 6.19. The van der Waals surface area contributed by atoms with Crippen LogP contribution in [0.4, 0.5) is 5.82 Å². The molecule has 1 aromatic carbocycles. The van der Waals surface area contributed by atoms with Crippen molar-refractivity contribution in [2.24, 2.45) is 7.05 Å². The number of anilines is 1. The summed E-state index contributed by atoms with van der Waals surface area (Å²) in [5.74, 6) is 0.870. The van der Waals surface area contributed by atoms with Gasteiger partial charge in [-0.3, -0.25) is 14.5 Å². The number of carbonyl (C=O) groups is 1. The molecule has 1 saturated heterocycles. The van der Waals surface area contributed by atoms with E-state index in [1.165, 1.54) is 5.56 Å². The standard InChI is InChI=1S/C25H26N6O/c1-30-8-6-17(7-9-30)18-4-3-5-19(10-18)25(32)29-24-12-20-11-21(13-26-23(20)15-27-24)22-14-28-31(2)16-22/h3-5,10-17H,6-9H2,1-2H3,(H,27,29,32). The van der Waals surface area contributed by atoms with Crippen LogP contribution in [0.25, 0.3) is 22.0 Å². The van der Waals surface area contributed by atoms with Gasteiger partial charge >= 0.3 is 0 Å². The number of benzene rings is 1. The Labute approximate surface area is 187 Å². The van der Waals surface area contributed by atoms with Gasteiger partial charge in [0.15, 0.2) is 0 Å². The van der Waals surface area contributed by atoms with E-state index in [-0.39, 0.29) is 5.91 Å². The number of rotatable bonds is 4. The van der Waals surface area contributed by atoms with E-state index in [1.807, 2.05) is 56.0 Å². The van der Waals surface area contributed by atoms with Gasteiger partial charge in [-0.1, -0.05) is 12.1 Å². The van der Waals surface area contributed by atoms with Gasteiger partial charge in [0, 0.05) is 41.5 Å². The minimum Gasteiger partial charge on any atom is -0.307 e. The quantitative estimate of drug-likeness (QED) is 0.532. The Morgan fingerprint density at radius 2 is 1.84 bits per heavy atom. The zero-order valence-corrected chi connectivity index (χ0v) is 18.3.